The number of amides is 2. The fourth-order valence-electron chi connectivity index (χ4n) is 3.49. The molecule has 164 valence electrons. The summed E-state index contributed by atoms with van der Waals surface area (Å²) in [5.74, 6) is 0.767. The molecule has 0 saturated heterocycles. The van der Waals surface area contributed by atoms with Crippen molar-refractivity contribution in [2.75, 3.05) is 25.7 Å². The fraction of sp³-hybridized carbons (Fsp3) is 0.333. The molecule has 0 aliphatic carbocycles. The molecular weight excluding hydrogens is 422 g/mol. The lowest BCUT2D eigenvalue weighted by atomic mass is 10.1. The van der Waals surface area contributed by atoms with E-state index in [9.17, 15) is 18.0 Å². The molecule has 2 heterocycles. The first-order valence-corrected chi connectivity index (χ1v) is 11.3. The van der Waals surface area contributed by atoms with Crippen LogP contribution in [0.25, 0.3) is 0 Å². The van der Waals surface area contributed by atoms with Gasteiger partial charge in [0.2, 0.25) is 28.6 Å². The lowest BCUT2D eigenvalue weighted by Gasteiger charge is -2.18. The lowest BCUT2D eigenvalue weighted by Crippen LogP contribution is -2.38. The number of carbonyl (C=O) groups is 2. The third-order valence-electron chi connectivity index (χ3n) is 5.20. The van der Waals surface area contributed by atoms with Crippen LogP contribution in [0.5, 0.6) is 11.5 Å². The standard InChI is InChI=1S/C21H23N3O6S/c1-24(12-21(26)22-11-14-5-8-18-19(9-14)30-13-29-18)31(27,28)16-6-7-17-15(10-16)3-2-4-20(25)23-17/h5-10H,2-4,11-13H2,1H3,(H,22,26)(H,23,25). The summed E-state index contributed by atoms with van der Waals surface area (Å²) in [5, 5.41) is 5.50. The number of aryl methyl sites for hydroxylation is 1. The van der Waals surface area contributed by atoms with Gasteiger partial charge in [-0.1, -0.05) is 6.07 Å². The molecular formula is C21H23N3O6S. The van der Waals surface area contributed by atoms with Crippen LogP contribution in [0.15, 0.2) is 41.3 Å². The topological polar surface area (TPSA) is 114 Å². The molecule has 10 heteroatoms. The molecule has 31 heavy (non-hydrogen) atoms. The van der Waals surface area contributed by atoms with Crippen LogP contribution >= 0.6 is 0 Å². The molecule has 0 saturated carbocycles. The number of hydrogen-bond donors (Lipinski definition) is 2. The van der Waals surface area contributed by atoms with Crippen molar-refractivity contribution in [3.05, 3.63) is 47.5 Å². The zero-order valence-electron chi connectivity index (χ0n) is 17.0. The van der Waals surface area contributed by atoms with Gasteiger partial charge < -0.3 is 20.1 Å². The molecule has 0 bridgehead atoms. The highest BCUT2D eigenvalue weighted by Crippen LogP contribution is 2.32. The molecule has 2 aromatic carbocycles. The Hall–Kier alpha value is -3.11. The van der Waals surface area contributed by atoms with Gasteiger partial charge in [0.1, 0.15) is 0 Å². The summed E-state index contributed by atoms with van der Waals surface area (Å²) in [6, 6.07) is 9.96. The molecule has 2 aliphatic rings. The minimum absolute atomic E-state index is 0.0781. The number of rotatable bonds is 6. The number of likely N-dealkylation sites (N-methyl/N-ethyl adjacent to an activating group) is 1. The second-order valence-corrected chi connectivity index (χ2v) is 9.49. The number of sulfonamides is 1. The van der Waals surface area contributed by atoms with Gasteiger partial charge in [-0.2, -0.15) is 4.31 Å². The van der Waals surface area contributed by atoms with E-state index >= 15 is 0 Å². The minimum Gasteiger partial charge on any atom is -0.454 e. The van der Waals surface area contributed by atoms with Crippen molar-refractivity contribution in [1.82, 2.24) is 9.62 Å². The quantitative estimate of drug-likeness (QED) is 0.699. The van der Waals surface area contributed by atoms with Crippen molar-refractivity contribution in [1.29, 1.82) is 0 Å². The molecule has 0 spiro atoms. The summed E-state index contributed by atoms with van der Waals surface area (Å²) in [4.78, 5) is 24.1. The molecule has 4 rings (SSSR count). The maximum absolute atomic E-state index is 12.9. The fourth-order valence-corrected chi connectivity index (χ4v) is 4.66. The Morgan fingerprint density at radius 1 is 1.13 bits per heavy atom. The predicted molar refractivity (Wildman–Crippen MR) is 112 cm³/mol. The van der Waals surface area contributed by atoms with Crippen molar-refractivity contribution < 1.29 is 27.5 Å². The summed E-state index contributed by atoms with van der Waals surface area (Å²) in [7, 11) is -2.50. The summed E-state index contributed by atoms with van der Waals surface area (Å²) >= 11 is 0. The number of nitrogens with zero attached hydrogens (tertiary/aromatic N) is 1. The zero-order chi connectivity index (χ0) is 22.0. The van der Waals surface area contributed by atoms with Crippen LogP contribution in [0.1, 0.15) is 24.0 Å². The first-order valence-electron chi connectivity index (χ1n) is 9.87. The highest BCUT2D eigenvalue weighted by atomic mass is 32.2. The zero-order valence-corrected chi connectivity index (χ0v) is 17.8. The number of benzene rings is 2. The maximum Gasteiger partial charge on any atom is 0.243 e. The van der Waals surface area contributed by atoms with Gasteiger partial charge in [-0.15, -0.1) is 0 Å². The van der Waals surface area contributed by atoms with Crippen molar-refractivity contribution in [3.63, 3.8) is 0 Å². The SMILES string of the molecule is CN(CC(=O)NCc1ccc2c(c1)OCO2)S(=O)(=O)c1ccc2c(c1)CCCC(=O)N2. The monoisotopic (exact) mass is 445 g/mol. The van der Waals surface area contributed by atoms with Crippen LogP contribution < -0.4 is 20.1 Å². The number of ether oxygens (including phenoxy) is 2. The van der Waals surface area contributed by atoms with Crippen LogP contribution in [0.4, 0.5) is 5.69 Å². The molecule has 9 nitrogen and oxygen atoms in total. The van der Waals surface area contributed by atoms with Crippen LogP contribution in [-0.2, 0) is 32.6 Å². The van der Waals surface area contributed by atoms with Crippen LogP contribution in [0.2, 0.25) is 0 Å². The van der Waals surface area contributed by atoms with Crippen molar-refractivity contribution >= 4 is 27.5 Å². The average molecular weight is 445 g/mol. The lowest BCUT2D eigenvalue weighted by molar-refractivity contribution is -0.121. The minimum atomic E-state index is -3.86. The van der Waals surface area contributed by atoms with E-state index in [1.807, 2.05) is 6.07 Å². The number of hydrogen-bond acceptors (Lipinski definition) is 6. The van der Waals surface area contributed by atoms with Crippen LogP contribution in [0, 0.1) is 0 Å². The number of nitrogens with one attached hydrogen (secondary N) is 2. The Labute approximate surface area is 180 Å². The summed E-state index contributed by atoms with van der Waals surface area (Å²) in [6.45, 7) is 0.0888. The number of fused-ring (bicyclic) bond motifs is 2. The number of anilines is 1. The van der Waals surface area contributed by atoms with E-state index in [1.165, 1.54) is 13.1 Å². The predicted octanol–water partition coefficient (Wildman–Crippen LogP) is 1.63. The van der Waals surface area contributed by atoms with E-state index in [1.54, 1.807) is 24.3 Å². The van der Waals surface area contributed by atoms with Gasteiger partial charge in [-0.25, -0.2) is 8.42 Å². The van der Waals surface area contributed by atoms with E-state index in [0.29, 0.717) is 36.4 Å². The van der Waals surface area contributed by atoms with Crippen LogP contribution in [-0.4, -0.2) is 44.9 Å². The summed E-state index contributed by atoms with van der Waals surface area (Å²) in [6.07, 6.45) is 1.66. The molecule has 0 radical (unpaired) electrons. The van der Waals surface area contributed by atoms with Crippen molar-refractivity contribution in [2.24, 2.45) is 0 Å². The molecule has 0 fully saturated rings. The van der Waals surface area contributed by atoms with E-state index < -0.39 is 15.9 Å². The molecule has 2 N–H and O–H groups in total. The maximum atomic E-state index is 12.9. The molecule has 2 aromatic rings. The van der Waals surface area contributed by atoms with Gasteiger partial charge in [-0.3, -0.25) is 9.59 Å². The Morgan fingerprint density at radius 2 is 1.94 bits per heavy atom. The largest absolute Gasteiger partial charge is 0.454 e. The molecule has 0 aromatic heterocycles. The van der Waals surface area contributed by atoms with E-state index in [4.69, 9.17) is 9.47 Å². The van der Waals surface area contributed by atoms with E-state index in [-0.39, 0.29) is 30.7 Å². The Bertz CT molecular complexity index is 1130. The average Bonchev–Trinajstić information content (AvgIpc) is 3.12. The molecule has 0 atom stereocenters. The van der Waals surface area contributed by atoms with Gasteiger partial charge in [0.05, 0.1) is 11.4 Å². The van der Waals surface area contributed by atoms with Gasteiger partial charge in [0.15, 0.2) is 11.5 Å². The van der Waals surface area contributed by atoms with Crippen LogP contribution in [0.3, 0.4) is 0 Å². The Kier molecular flexibility index (Phi) is 5.84. The Morgan fingerprint density at radius 3 is 2.77 bits per heavy atom. The smallest absolute Gasteiger partial charge is 0.243 e. The van der Waals surface area contributed by atoms with Crippen molar-refractivity contribution in [2.45, 2.75) is 30.7 Å². The van der Waals surface area contributed by atoms with E-state index in [2.05, 4.69) is 10.6 Å². The highest BCUT2D eigenvalue weighted by Gasteiger charge is 2.25. The second kappa shape index (κ2) is 8.56. The van der Waals surface area contributed by atoms with Gasteiger partial charge in [-0.05, 0) is 54.3 Å². The summed E-state index contributed by atoms with van der Waals surface area (Å²) < 4.78 is 37.4. The van der Waals surface area contributed by atoms with E-state index in [0.717, 1.165) is 15.4 Å². The second-order valence-electron chi connectivity index (χ2n) is 7.45. The van der Waals surface area contributed by atoms with Gasteiger partial charge >= 0.3 is 0 Å². The number of carbonyl (C=O) groups excluding carboxylic acids is 2. The Balaban J connectivity index is 1.39. The summed E-state index contributed by atoms with van der Waals surface area (Å²) in [5.41, 5.74) is 2.22. The third-order valence-corrected chi connectivity index (χ3v) is 7.00. The molecule has 2 amide bonds. The van der Waals surface area contributed by atoms with Crippen molar-refractivity contribution in [3.8, 4) is 11.5 Å². The molecule has 0 unspecified atom stereocenters. The highest BCUT2D eigenvalue weighted by molar-refractivity contribution is 7.89. The first kappa shape index (κ1) is 21.1. The third kappa shape index (κ3) is 4.64. The van der Waals surface area contributed by atoms with Gasteiger partial charge in [0.25, 0.3) is 0 Å². The first-order chi connectivity index (χ1) is 14.8. The van der Waals surface area contributed by atoms with Gasteiger partial charge in [0, 0.05) is 25.7 Å². The molecule has 2 aliphatic heterocycles. The normalized spacial score (nSPS) is 15.2.